The third kappa shape index (κ3) is 4.07. The molecular formula is C19H27N5O. The number of benzene rings is 1. The quantitative estimate of drug-likeness (QED) is 0.849. The standard InChI is InChI=1S/C19H27N5O/c1-23(2)19(12-8-3-4-9-13-19)15-20-18(25)17-14-21-24(22-17)16-10-6-5-7-11-16/h5-7,10-11,14H,3-4,8-9,12-13,15H2,1-2H3,(H,20,25). The molecule has 1 aromatic heterocycles. The molecule has 1 aliphatic rings. The molecule has 1 N–H and O–H groups in total. The van der Waals surface area contributed by atoms with E-state index in [1.165, 1.54) is 36.7 Å². The highest BCUT2D eigenvalue weighted by atomic mass is 16.2. The Labute approximate surface area is 149 Å². The molecular weight excluding hydrogens is 314 g/mol. The lowest BCUT2D eigenvalue weighted by molar-refractivity contribution is 0.0864. The molecule has 0 saturated heterocycles. The van der Waals surface area contributed by atoms with Crippen molar-refractivity contribution in [3.05, 3.63) is 42.2 Å². The van der Waals surface area contributed by atoms with E-state index >= 15 is 0 Å². The summed E-state index contributed by atoms with van der Waals surface area (Å²) in [5.41, 5.74) is 1.24. The van der Waals surface area contributed by atoms with Gasteiger partial charge in [0.25, 0.3) is 5.91 Å². The minimum Gasteiger partial charge on any atom is -0.349 e. The predicted molar refractivity (Wildman–Crippen MR) is 97.8 cm³/mol. The number of hydrogen-bond donors (Lipinski definition) is 1. The number of likely N-dealkylation sites (N-methyl/N-ethyl adjacent to an activating group) is 1. The first kappa shape index (κ1) is 17.6. The Hall–Kier alpha value is -2.21. The van der Waals surface area contributed by atoms with Crippen LogP contribution in [0.4, 0.5) is 0 Å². The molecule has 2 aromatic rings. The van der Waals surface area contributed by atoms with Crippen LogP contribution in [0.2, 0.25) is 0 Å². The molecule has 0 radical (unpaired) electrons. The highest BCUT2D eigenvalue weighted by molar-refractivity contribution is 5.91. The molecule has 0 bridgehead atoms. The van der Waals surface area contributed by atoms with Crippen molar-refractivity contribution in [3.8, 4) is 5.69 Å². The summed E-state index contributed by atoms with van der Waals surface area (Å²) in [5.74, 6) is -0.160. The number of carbonyl (C=O) groups is 1. The number of para-hydroxylation sites is 1. The van der Waals surface area contributed by atoms with Gasteiger partial charge in [-0.2, -0.15) is 9.90 Å². The number of nitrogens with one attached hydrogen (secondary N) is 1. The Bertz CT molecular complexity index is 687. The van der Waals surface area contributed by atoms with E-state index in [2.05, 4.69) is 34.5 Å². The van der Waals surface area contributed by atoms with Crippen molar-refractivity contribution >= 4 is 5.91 Å². The van der Waals surface area contributed by atoms with Gasteiger partial charge in [-0.1, -0.05) is 43.9 Å². The number of aromatic nitrogens is 3. The number of carbonyl (C=O) groups excluding carboxylic acids is 1. The first-order valence-corrected chi connectivity index (χ1v) is 9.04. The van der Waals surface area contributed by atoms with Crippen molar-refractivity contribution in [3.63, 3.8) is 0 Å². The molecule has 0 spiro atoms. The summed E-state index contributed by atoms with van der Waals surface area (Å²) >= 11 is 0. The Morgan fingerprint density at radius 1 is 1.16 bits per heavy atom. The van der Waals surface area contributed by atoms with Crippen molar-refractivity contribution in [2.45, 2.75) is 44.1 Å². The SMILES string of the molecule is CN(C)C1(CNC(=O)c2cnn(-c3ccccc3)n2)CCCCCC1. The minimum absolute atomic E-state index is 0.0432. The van der Waals surface area contributed by atoms with Crippen LogP contribution < -0.4 is 5.32 Å². The highest BCUT2D eigenvalue weighted by Crippen LogP contribution is 2.30. The molecule has 0 unspecified atom stereocenters. The summed E-state index contributed by atoms with van der Waals surface area (Å²) < 4.78 is 0. The van der Waals surface area contributed by atoms with Crippen LogP contribution in [0.1, 0.15) is 49.0 Å². The Kier molecular flexibility index (Phi) is 5.48. The van der Waals surface area contributed by atoms with E-state index in [0.29, 0.717) is 12.2 Å². The molecule has 6 nitrogen and oxygen atoms in total. The van der Waals surface area contributed by atoms with Gasteiger partial charge in [0.05, 0.1) is 11.9 Å². The number of nitrogens with zero attached hydrogens (tertiary/aromatic N) is 4. The molecule has 25 heavy (non-hydrogen) atoms. The fraction of sp³-hybridized carbons (Fsp3) is 0.526. The summed E-state index contributed by atoms with van der Waals surface area (Å²) in [5, 5.41) is 11.6. The van der Waals surface area contributed by atoms with Crippen LogP contribution in [0.15, 0.2) is 36.5 Å². The molecule has 1 fully saturated rings. The second-order valence-electron chi connectivity index (χ2n) is 7.07. The van der Waals surface area contributed by atoms with Gasteiger partial charge in [0.15, 0.2) is 5.69 Å². The van der Waals surface area contributed by atoms with Crippen LogP contribution in [0.3, 0.4) is 0 Å². The second-order valence-corrected chi connectivity index (χ2v) is 7.07. The van der Waals surface area contributed by atoms with Crippen molar-refractivity contribution in [1.29, 1.82) is 0 Å². The zero-order chi connectivity index (χ0) is 17.7. The zero-order valence-electron chi connectivity index (χ0n) is 15.1. The summed E-state index contributed by atoms with van der Waals surface area (Å²) in [6, 6.07) is 9.60. The minimum atomic E-state index is -0.160. The van der Waals surface area contributed by atoms with Crippen molar-refractivity contribution in [2.75, 3.05) is 20.6 Å². The molecule has 3 rings (SSSR count). The van der Waals surface area contributed by atoms with Gasteiger partial charge in [-0.3, -0.25) is 4.79 Å². The van der Waals surface area contributed by atoms with Gasteiger partial charge in [-0.15, -0.1) is 5.10 Å². The molecule has 1 aliphatic carbocycles. The molecule has 0 atom stereocenters. The fourth-order valence-corrected chi connectivity index (χ4v) is 3.56. The maximum atomic E-state index is 12.5. The van der Waals surface area contributed by atoms with Crippen molar-refractivity contribution < 1.29 is 4.79 Å². The second kappa shape index (κ2) is 7.78. The summed E-state index contributed by atoms with van der Waals surface area (Å²) in [6.07, 6.45) is 8.78. The number of amides is 1. The maximum Gasteiger partial charge on any atom is 0.273 e. The first-order valence-electron chi connectivity index (χ1n) is 9.04. The van der Waals surface area contributed by atoms with Gasteiger partial charge in [-0.25, -0.2) is 0 Å². The van der Waals surface area contributed by atoms with Gasteiger partial charge >= 0.3 is 0 Å². The lowest BCUT2D eigenvalue weighted by atomic mass is 9.88. The topological polar surface area (TPSA) is 63.1 Å². The van der Waals surface area contributed by atoms with Crippen LogP contribution in [-0.2, 0) is 0 Å². The van der Waals surface area contributed by atoms with Gasteiger partial charge in [0.2, 0.25) is 0 Å². The fourth-order valence-electron chi connectivity index (χ4n) is 3.56. The molecule has 0 aliphatic heterocycles. The normalized spacial score (nSPS) is 17.2. The molecule has 6 heteroatoms. The number of hydrogen-bond acceptors (Lipinski definition) is 4. The lowest BCUT2D eigenvalue weighted by Gasteiger charge is -2.39. The lowest BCUT2D eigenvalue weighted by Crippen LogP contribution is -2.52. The largest absolute Gasteiger partial charge is 0.349 e. The van der Waals surface area contributed by atoms with Gasteiger partial charge < -0.3 is 10.2 Å². The van der Waals surface area contributed by atoms with E-state index in [1.54, 1.807) is 0 Å². The van der Waals surface area contributed by atoms with Crippen LogP contribution in [0.5, 0.6) is 0 Å². The van der Waals surface area contributed by atoms with E-state index in [9.17, 15) is 4.79 Å². The third-order valence-corrected chi connectivity index (χ3v) is 5.27. The van der Waals surface area contributed by atoms with Gasteiger partial charge in [-0.05, 0) is 39.1 Å². The molecule has 1 saturated carbocycles. The van der Waals surface area contributed by atoms with Crippen molar-refractivity contribution in [2.24, 2.45) is 0 Å². The van der Waals surface area contributed by atoms with E-state index in [1.807, 2.05) is 30.3 Å². The maximum absolute atomic E-state index is 12.5. The Balaban J connectivity index is 1.66. The van der Waals surface area contributed by atoms with Crippen LogP contribution >= 0.6 is 0 Å². The first-order chi connectivity index (χ1) is 12.1. The van der Waals surface area contributed by atoms with Crippen LogP contribution in [0, 0.1) is 0 Å². The van der Waals surface area contributed by atoms with E-state index in [4.69, 9.17) is 0 Å². The highest BCUT2D eigenvalue weighted by Gasteiger charge is 2.33. The van der Waals surface area contributed by atoms with Crippen molar-refractivity contribution in [1.82, 2.24) is 25.2 Å². The zero-order valence-corrected chi connectivity index (χ0v) is 15.1. The number of rotatable bonds is 5. The van der Waals surface area contributed by atoms with Gasteiger partial charge in [0.1, 0.15) is 0 Å². The Morgan fingerprint density at radius 3 is 2.48 bits per heavy atom. The average Bonchev–Trinajstić information content (AvgIpc) is 3.00. The average molecular weight is 341 g/mol. The smallest absolute Gasteiger partial charge is 0.273 e. The molecule has 1 amide bonds. The molecule has 1 heterocycles. The van der Waals surface area contributed by atoms with E-state index < -0.39 is 0 Å². The predicted octanol–water partition coefficient (Wildman–Crippen LogP) is 2.65. The molecule has 134 valence electrons. The monoisotopic (exact) mass is 341 g/mol. The van der Waals surface area contributed by atoms with Gasteiger partial charge in [0, 0.05) is 12.1 Å². The Morgan fingerprint density at radius 2 is 1.84 bits per heavy atom. The summed E-state index contributed by atoms with van der Waals surface area (Å²) in [4.78, 5) is 16.3. The summed E-state index contributed by atoms with van der Waals surface area (Å²) in [6.45, 7) is 0.650. The summed E-state index contributed by atoms with van der Waals surface area (Å²) in [7, 11) is 4.23. The van der Waals surface area contributed by atoms with Crippen LogP contribution in [-0.4, -0.2) is 52.0 Å². The molecule has 1 aromatic carbocycles. The van der Waals surface area contributed by atoms with E-state index in [0.717, 1.165) is 18.5 Å². The van der Waals surface area contributed by atoms with Crippen LogP contribution in [0.25, 0.3) is 5.69 Å². The van der Waals surface area contributed by atoms with E-state index in [-0.39, 0.29) is 11.4 Å². The third-order valence-electron chi connectivity index (χ3n) is 5.27.